The van der Waals surface area contributed by atoms with Gasteiger partial charge in [-0.3, -0.25) is 0 Å². The van der Waals surface area contributed by atoms with Gasteiger partial charge < -0.3 is 5.11 Å². The summed E-state index contributed by atoms with van der Waals surface area (Å²) in [6.45, 7) is -0.411. The van der Waals surface area contributed by atoms with E-state index in [4.69, 9.17) is 5.11 Å². The lowest BCUT2D eigenvalue weighted by Gasteiger charge is -2.09. The first kappa shape index (κ1) is 13.5. The zero-order chi connectivity index (χ0) is 14.0. The Hall–Kier alpha value is -1.95. The van der Waals surface area contributed by atoms with E-state index in [1.807, 2.05) is 0 Å². The van der Waals surface area contributed by atoms with E-state index in [9.17, 15) is 17.6 Å². The van der Waals surface area contributed by atoms with E-state index in [-0.39, 0.29) is 16.8 Å². The summed E-state index contributed by atoms with van der Waals surface area (Å²) < 4.78 is 50.9. The molecule has 0 saturated heterocycles. The van der Waals surface area contributed by atoms with Crippen molar-refractivity contribution in [3.8, 4) is 11.3 Å². The predicted octanol–water partition coefficient (Wildman–Crippen LogP) is 3.40. The standard InChI is InChI=1S/C13H9F4NO/c14-12-5-8(7-19)4-11(18-12)9-2-1-3-10(6-9)13(15,16)17/h1-6,19H,7H2. The van der Waals surface area contributed by atoms with Gasteiger partial charge in [-0.15, -0.1) is 0 Å². The number of benzene rings is 1. The number of aromatic nitrogens is 1. The van der Waals surface area contributed by atoms with E-state index < -0.39 is 24.3 Å². The Bertz CT molecular complexity index is 595. The van der Waals surface area contributed by atoms with Crippen molar-refractivity contribution in [2.45, 2.75) is 12.8 Å². The second-order valence-corrected chi connectivity index (χ2v) is 3.92. The van der Waals surface area contributed by atoms with Crippen LogP contribution in [0.25, 0.3) is 11.3 Å². The molecule has 0 amide bonds. The number of aliphatic hydroxyl groups excluding tert-OH is 1. The zero-order valence-corrected chi connectivity index (χ0v) is 9.58. The number of nitrogens with zero attached hydrogens (tertiary/aromatic N) is 1. The van der Waals surface area contributed by atoms with Crippen LogP contribution in [0, 0.1) is 5.95 Å². The molecule has 0 bridgehead atoms. The molecule has 0 aliphatic heterocycles. The molecule has 0 aliphatic rings. The summed E-state index contributed by atoms with van der Waals surface area (Å²) >= 11 is 0. The maximum atomic E-state index is 13.2. The van der Waals surface area contributed by atoms with Crippen LogP contribution in [-0.2, 0) is 12.8 Å². The van der Waals surface area contributed by atoms with Crippen molar-refractivity contribution in [2.24, 2.45) is 0 Å². The molecular formula is C13H9F4NO. The van der Waals surface area contributed by atoms with E-state index >= 15 is 0 Å². The van der Waals surface area contributed by atoms with Crippen LogP contribution in [0.2, 0.25) is 0 Å². The highest BCUT2D eigenvalue weighted by Gasteiger charge is 2.30. The third-order valence-electron chi connectivity index (χ3n) is 2.52. The highest BCUT2D eigenvalue weighted by atomic mass is 19.4. The van der Waals surface area contributed by atoms with Crippen LogP contribution in [0.5, 0.6) is 0 Å². The molecule has 100 valence electrons. The second-order valence-electron chi connectivity index (χ2n) is 3.92. The van der Waals surface area contributed by atoms with Gasteiger partial charge in [0.25, 0.3) is 0 Å². The second kappa shape index (κ2) is 4.97. The number of hydrogen-bond donors (Lipinski definition) is 1. The molecule has 2 nitrogen and oxygen atoms in total. The molecular weight excluding hydrogens is 262 g/mol. The third kappa shape index (κ3) is 3.08. The minimum Gasteiger partial charge on any atom is -0.392 e. The molecule has 0 saturated carbocycles. The molecule has 0 aliphatic carbocycles. The largest absolute Gasteiger partial charge is 0.416 e. The fraction of sp³-hybridized carbons (Fsp3) is 0.154. The summed E-state index contributed by atoms with van der Waals surface area (Å²) in [6, 6.07) is 6.82. The Morgan fingerprint density at radius 1 is 1.11 bits per heavy atom. The summed E-state index contributed by atoms with van der Waals surface area (Å²) in [5, 5.41) is 8.94. The number of pyridine rings is 1. The van der Waals surface area contributed by atoms with Gasteiger partial charge in [0, 0.05) is 5.56 Å². The molecule has 19 heavy (non-hydrogen) atoms. The van der Waals surface area contributed by atoms with Gasteiger partial charge in [0.1, 0.15) is 0 Å². The molecule has 2 aromatic rings. The Balaban J connectivity index is 2.50. The molecule has 1 N–H and O–H groups in total. The smallest absolute Gasteiger partial charge is 0.392 e. The first-order valence-corrected chi connectivity index (χ1v) is 5.35. The van der Waals surface area contributed by atoms with Gasteiger partial charge in [0.2, 0.25) is 5.95 Å². The summed E-state index contributed by atoms with van der Waals surface area (Å²) in [5.41, 5.74) is -0.388. The van der Waals surface area contributed by atoms with Crippen LogP contribution in [0.4, 0.5) is 17.6 Å². The van der Waals surface area contributed by atoms with Gasteiger partial charge in [0.05, 0.1) is 17.9 Å². The minimum atomic E-state index is -4.47. The van der Waals surface area contributed by atoms with Gasteiger partial charge in [-0.2, -0.15) is 17.6 Å². The van der Waals surface area contributed by atoms with Crippen molar-refractivity contribution in [3.05, 3.63) is 53.5 Å². The summed E-state index contributed by atoms with van der Waals surface area (Å²) in [4.78, 5) is 3.53. The van der Waals surface area contributed by atoms with Gasteiger partial charge in [-0.05, 0) is 29.8 Å². The van der Waals surface area contributed by atoms with Crippen molar-refractivity contribution in [1.82, 2.24) is 4.98 Å². The quantitative estimate of drug-likeness (QED) is 0.670. The lowest BCUT2D eigenvalue weighted by Crippen LogP contribution is -2.04. The lowest BCUT2D eigenvalue weighted by molar-refractivity contribution is -0.137. The summed E-state index contributed by atoms with van der Waals surface area (Å²) in [5.74, 6) is -0.848. The van der Waals surface area contributed by atoms with Crippen LogP contribution in [-0.4, -0.2) is 10.1 Å². The van der Waals surface area contributed by atoms with Gasteiger partial charge in [0.15, 0.2) is 0 Å². The van der Waals surface area contributed by atoms with E-state index in [2.05, 4.69) is 4.98 Å². The third-order valence-corrected chi connectivity index (χ3v) is 2.52. The van der Waals surface area contributed by atoms with E-state index in [0.29, 0.717) is 0 Å². The first-order valence-electron chi connectivity index (χ1n) is 5.35. The minimum absolute atomic E-state index is 0.0511. The number of rotatable bonds is 2. The van der Waals surface area contributed by atoms with Crippen molar-refractivity contribution < 1.29 is 22.7 Å². The molecule has 0 radical (unpaired) electrons. The van der Waals surface area contributed by atoms with Gasteiger partial charge in [-0.25, -0.2) is 4.98 Å². The first-order chi connectivity index (χ1) is 8.90. The van der Waals surface area contributed by atoms with Crippen molar-refractivity contribution in [1.29, 1.82) is 0 Å². The highest BCUT2D eigenvalue weighted by Crippen LogP contribution is 2.31. The zero-order valence-electron chi connectivity index (χ0n) is 9.58. The monoisotopic (exact) mass is 271 g/mol. The Kier molecular flexibility index (Phi) is 3.53. The molecule has 0 unspecified atom stereocenters. The summed E-state index contributed by atoms with van der Waals surface area (Å²) in [7, 11) is 0. The van der Waals surface area contributed by atoms with Crippen molar-refractivity contribution >= 4 is 0 Å². The Morgan fingerprint density at radius 2 is 1.84 bits per heavy atom. The number of hydrogen-bond acceptors (Lipinski definition) is 2. The van der Waals surface area contributed by atoms with Crippen LogP contribution >= 0.6 is 0 Å². The SMILES string of the molecule is OCc1cc(F)nc(-c2cccc(C(F)(F)F)c2)c1. The number of alkyl halides is 3. The van der Waals surface area contributed by atoms with E-state index in [1.54, 1.807) is 0 Å². The van der Waals surface area contributed by atoms with Crippen molar-refractivity contribution in [2.75, 3.05) is 0 Å². The van der Waals surface area contributed by atoms with Crippen LogP contribution in [0.3, 0.4) is 0 Å². The van der Waals surface area contributed by atoms with Crippen molar-refractivity contribution in [3.63, 3.8) is 0 Å². The Labute approximate surface area is 106 Å². The van der Waals surface area contributed by atoms with E-state index in [1.165, 1.54) is 18.2 Å². The average molecular weight is 271 g/mol. The molecule has 1 aromatic heterocycles. The summed E-state index contributed by atoms with van der Waals surface area (Å²) in [6.07, 6.45) is -4.47. The highest BCUT2D eigenvalue weighted by molar-refractivity contribution is 5.61. The molecule has 6 heteroatoms. The fourth-order valence-corrected chi connectivity index (χ4v) is 1.64. The van der Waals surface area contributed by atoms with Gasteiger partial charge >= 0.3 is 6.18 Å². The van der Waals surface area contributed by atoms with Crippen LogP contribution < -0.4 is 0 Å². The normalized spacial score (nSPS) is 11.6. The maximum Gasteiger partial charge on any atom is 0.416 e. The lowest BCUT2D eigenvalue weighted by atomic mass is 10.1. The molecule has 2 rings (SSSR count). The molecule has 0 spiro atoms. The number of aliphatic hydroxyl groups is 1. The Morgan fingerprint density at radius 3 is 2.47 bits per heavy atom. The van der Waals surface area contributed by atoms with Gasteiger partial charge in [-0.1, -0.05) is 12.1 Å². The molecule has 1 heterocycles. The molecule has 0 atom stereocenters. The van der Waals surface area contributed by atoms with Crippen LogP contribution in [0.15, 0.2) is 36.4 Å². The number of halogens is 4. The topological polar surface area (TPSA) is 33.1 Å². The fourth-order valence-electron chi connectivity index (χ4n) is 1.64. The molecule has 1 aromatic carbocycles. The maximum absolute atomic E-state index is 13.2. The molecule has 0 fully saturated rings. The average Bonchev–Trinajstić information content (AvgIpc) is 2.37. The predicted molar refractivity (Wildman–Crippen MR) is 60.6 cm³/mol. The van der Waals surface area contributed by atoms with E-state index in [0.717, 1.165) is 18.2 Å². The van der Waals surface area contributed by atoms with Crippen LogP contribution in [0.1, 0.15) is 11.1 Å².